The third kappa shape index (κ3) is 3.62. The normalized spacial score (nSPS) is 8.33. The molecule has 0 saturated carbocycles. The van der Waals surface area contributed by atoms with E-state index < -0.39 is 0 Å². The van der Waals surface area contributed by atoms with Crippen LogP contribution in [0.1, 0.15) is 31.3 Å². The third-order valence-electron chi connectivity index (χ3n) is 1.08. The fourth-order valence-electron chi connectivity index (χ4n) is 0.604. The molecular formula is C9H12BrNO. The summed E-state index contributed by atoms with van der Waals surface area (Å²) in [7, 11) is 0. The molecule has 0 saturated heterocycles. The Kier molecular flexibility index (Phi) is 5.54. The zero-order chi connectivity index (χ0) is 9.56. The minimum absolute atomic E-state index is 0.0127. The molecule has 12 heavy (non-hydrogen) atoms. The molecule has 0 aliphatic carbocycles. The van der Waals surface area contributed by atoms with Crippen LogP contribution in [0, 0.1) is 0 Å². The van der Waals surface area contributed by atoms with E-state index in [1.165, 1.54) is 6.92 Å². The molecule has 0 aliphatic heterocycles. The first kappa shape index (κ1) is 11.3. The van der Waals surface area contributed by atoms with Crippen molar-refractivity contribution in [3.05, 3.63) is 28.5 Å². The number of hydrogen-bond acceptors (Lipinski definition) is 2. The lowest BCUT2D eigenvalue weighted by Gasteiger charge is -1.92. The summed E-state index contributed by atoms with van der Waals surface area (Å²) < 4.78 is 0.695. The van der Waals surface area contributed by atoms with E-state index in [2.05, 4.69) is 20.9 Å². The van der Waals surface area contributed by atoms with Crippen molar-refractivity contribution in [2.75, 3.05) is 0 Å². The summed E-state index contributed by atoms with van der Waals surface area (Å²) in [6, 6.07) is 5.26. The molecule has 0 N–H and O–H groups in total. The van der Waals surface area contributed by atoms with Gasteiger partial charge in [0.15, 0.2) is 5.78 Å². The lowest BCUT2D eigenvalue weighted by molar-refractivity contribution is 0.101. The van der Waals surface area contributed by atoms with Crippen LogP contribution in [0.15, 0.2) is 22.8 Å². The molecule has 2 nitrogen and oxygen atoms in total. The molecule has 0 bridgehead atoms. The predicted octanol–water partition coefficient (Wildman–Crippen LogP) is 3.07. The standard InChI is InChI=1S/C7H6BrNO.C2H6/c1-5(10)6-3-2-4-7(8)9-6;1-2/h2-4H,1H3;1-2H3. The Morgan fingerprint density at radius 1 is 1.42 bits per heavy atom. The van der Waals surface area contributed by atoms with Crippen molar-refractivity contribution in [1.82, 2.24) is 4.98 Å². The first-order chi connectivity index (χ1) is 5.70. The van der Waals surface area contributed by atoms with Crippen molar-refractivity contribution >= 4 is 21.7 Å². The fraction of sp³-hybridized carbons (Fsp3) is 0.333. The molecule has 0 fully saturated rings. The lowest BCUT2D eigenvalue weighted by atomic mass is 10.3. The van der Waals surface area contributed by atoms with Crippen molar-refractivity contribution in [3.8, 4) is 0 Å². The molecule has 0 spiro atoms. The molecule has 0 aliphatic rings. The Morgan fingerprint density at radius 3 is 2.33 bits per heavy atom. The highest BCUT2D eigenvalue weighted by molar-refractivity contribution is 9.10. The Hall–Kier alpha value is -0.700. The molecule has 0 aromatic carbocycles. The van der Waals surface area contributed by atoms with Gasteiger partial charge in [-0.05, 0) is 28.1 Å². The number of nitrogens with zero attached hydrogens (tertiary/aromatic N) is 1. The zero-order valence-electron chi connectivity index (χ0n) is 7.47. The van der Waals surface area contributed by atoms with Crippen LogP contribution in [0.4, 0.5) is 0 Å². The number of halogens is 1. The maximum atomic E-state index is 10.7. The van der Waals surface area contributed by atoms with E-state index in [0.717, 1.165) is 0 Å². The van der Waals surface area contributed by atoms with Crippen molar-refractivity contribution < 1.29 is 4.79 Å². The van der Waals surface area contributed by atoms with Gasteiger partial charge in [0.1, 0.15) is 10.3 Å². The van der Waals surface area contributed by atoms with Gasteiger partial charge in [-0.2, -0.15) is 0 Å². The number of rotatable bonds is 1. The summed E-state index contributed by atoms with van der Waals surface area (Å²) in [6.45, 7) is 5.49. The van der Waals surface area contributed by atoms with Crippen molar-refractivity contribution in [3.63, 3.8) is 0 Å². The van der Waals surface area contributed by atoms with Gasteiger partial charge in [-0.15, -0.1) is 0 Å². The van der Waals surface area contributed by atoms with Crippen LogP contribution in [0.2, 0.25) is 0 Å². The Balaban J connectivity index is 0.000000561. The highest BCUT2D eigenvalue weighted by atomic mass is 79.9. The minimum atomic E-state index is -0.0127. The largest absolute Gasteiger partial charge is 0.293 e. The van der Waals surface area contributed by atoms with Crippen molar-refractivity contribution in [2.24, 2.45) is 0 Å². The van der Waals surface area contributed by atoms with Gasteiger partial charge < -0.3 is 0 Å². The van der Waals surface area contributed by atoms with Gasteiger partial charge in [-0.25, -0.2) is 4.98 Å². The summed E-state index contributed by atoms with van der Waals surface area (Å²) in [5.74, 6) is -0.0127. The second-order valence-corrected chi connectivity index (χ2v) is 2.71. The SMILES string of the molecule is CC.CC(=O)c1cccc(Br)n1. The van der Waals surface area contributed by atoms with Crippen LogP contribution in [-0.4, -0.2) is 10.8 Å². The number of hydrogen-bond donors (Lipinski definition) is 0. The summed E-state index contributed by atoms with van der Waals surface area (Å²) in [5.41, 5.74) is 0.495. The number of ketones is 1. The van der Waals surface area contributed by atoms with Gasteiger partial charge in [-0.3, -0.25) is 4.79 Å². The van der Waals surface area contributed by atoms with Crippen LogP contribution in [0.5, 0.6) is 0 Å². The molecule has 1 heterocycles. The molecule has 0 amide bonds. The van der Waals surface area contributed by atoms with E-state index in [1.54, 1.807) is 18.2 Å². The van der Waals surface area contributed by atoms with Gasteiger partial charge >= 0.3 is 0 Å². The van der Waals surface area contributed by atoms with Gasteiger partial charge in [0.25, 0.3) is 0 Å². The van der Waals surface area contributed by atoms with Crippen LogP contribution in [0.3, 0.4) is 0 Å². The summed E-state index contributed by atoms with van der Waals surface area (Å²) >= 11 is 3.17. The molecule has 66 valence electrons. The number of pyridine rings is 1. The summed E-state index contributed by atoms with van der Waals surface area (Å²) in [5, 5.41) is 0. The molecule has 1 aromatic rings. The highest BCUT2D eigenvalue weighted by Crippen LogP contribution is 2.05. The fourth-order valence-corrected chi connectivity index (χ4v) is 0.948. The Bertz CT molecular complexity index is 260. The van der Waals surface area contributed by atoms with Crippen LogP contribution >= 0.6 is 15.9 Å². The first-order valence-electron chi connectivity index (χ1n) is 3.83. The molecule has 0 radical (unpaired) electrons. The number of carbonyl (C=O) groups excluding carboxylic acids is 1. The maximum absolute atomic E-state index is 10.7. The highest BCUT2D eigenvalue weighted by Gasteiger charge is 1.98. The topological polar surface area (TPSA) is 30.0 Å². The summed E-state index contributed by atoms with van der Waals surface area (Å²) in [4.78, 5) is 14.7. The lowest BCUT2D eigenvalue weighted by Crippen LogP contribution is -1.95. The second-order valence-electron chi connectivity index (χ2n) is 1.90. The van der Waals surface area contributed by atoms with Gasteiger partial charge in [0.2, 0.25) is 0 Å². The molecule has 1 aromatic heterocycles. The number of Topliss-reactive ketones (excluding diaryl/α,β-unsaturated/α-hetero) is 1. The van der Waals surface area contributed by atoms with Crippen LogP contribution in [0.25, 0.3) is 0 Å². The maximum Gasteiger partial charge on any atom is 0.178 e. The van der Waals surface area contributed by atoms with E-state index in [0.29, 0.717) is 10.3 Å². The van der Waals surface area contributed by atoms with Gasteiger partial charge in [0.05, 0.1) is 0 Å². The molecule has 3 heteroatoms. The third-order valence-corrected chi connectivity index (χ3v) is 1.52. The molecule has 1 rings (SSSR count). The average molecular weight is 230 g/mol. The van der Waals surface area contributed by atoms with Gasteiger partial charge in [-0.1, -0.05) is 19.9 Å². The smallest absolute Gasteiger partial charge is 0.178 e. The number of carbonyl (C=O) groups is 1. The van der Waals surface area contributed by atoms with Crippen LogP contribution in [-0.2, 0) is 0 Å². The Morgan fingerprint density at radius 2 is 2.00 bits per heavy atom. The van der Waals surface area contributed by atoms with E-state index in [4.69, 9.17) is 0 Å². The van der Waals surface area contributed by atoms with Gasteiger partial charge in [0, 0.05) is 6.92 Å². The molecule has 0 unspecified atom stereocenters. The van der Waals surface area contributed by atoms with Crippen molar-refractivity contribution in [2.45, 2.75) is 20.8 Å². The number of aromatic nitrogens is 1. The Labute approximate surface area is 81.1 Å². The van der Waals surface area contributed by atoms with E-state index in [1.807, 2.05) is 13.8 Å². The quantitative estimate of drug-likeness (QED) is 0.548. The zero-order valence-corrected chi connectivity index (χ0v) is 9.05. The molecular weight excluding hydrogens is 218 g/mol. The second kappa shape index (κ2) is 5.89. The van der Waals surface area contributed by atoms with Crippen LogP contribution < -0.4 is 0 Å². The van der Waals surface area contributed by atoms with E-state index in [9.17, 15) is 4.79 Å². The predicted molar refractivity (Wildman–Crippen MR) is 53.3 cm³/mol. The van der Waals surface area contributed by atoms with E-state index in [-0.39, 0.29) is 5.78 Å². The van der Waals surface area contributed by atoms with Crippen molar-refractivity contribution in [1.29, 1.82) is 0 Å². The average Bonchev–Trinajstić information content (AvgIpc) is 2.08. The van der Waals surface area contributed by atoms with E-state index >= 15 is 0 Å². The minimum Gasteiger partial charge on any atom is -0.293 e. The molecule has 0 atom stereocenters. The first-order valence-corrected chi connectivity index (χ1v) is 4.63. The summed E-state index contributed by atoms with van der Waals surface area (Å²) in [6.07, 6.45) is 0. The monoisotopic (exact) mass is 229 g/mol.